The highest BCUT2D eigenvalue weighted by molar-refractivity contribution is 6.31. The second-order valence-corrected chi connectivity index (χ2v) is 12.5. The van der Waals surface area contributed by atoms with Crippen molar-refractivity contribution in [1.82, 2.24) is 14.8 Å². The Morgan fingerprint density at radius 2 is 1.69 bits per heavy atom. The molecular weight excluding hydrogens is 542 g/mol. The first-order valence-electron chi connectivity index (χ1n) is 15.5. The molecule has 3 heterocycles. The lowest BCUT2D eigenvalue weighted by Gasteiger charge is -2.39. The number of rotatable bonds is 11. The molecule has 1 aromatic heterocycles. The summed E-state index contributed by atoms with van der Waals surface area (Å²) in [4.78, 5) is 28.9. The average molecular weight is 582 g/mol. The largest absolute Gasteiger partial charge is 0.348 e. The zero-order valence-corrected chi connectivity index (χ0v) is 25.2. The molecule has 3 aromatic carbocycles. The van der Waals surface area contributed by atoms with Crippen LogP contribution in [-0.4, -0.2) is 39.8 Å². The van der Waals surface area contributed by atoms with Gasteiger partial charge in [-0.05, 0) is 67.7 Å². The van der Waals surface area contributed by atoms with Crippen molar-refractivity contribution in [2.24, 2.45) is 5.92 Å². The number of fused-ring (bicyclic) bond motifs is 3. The fourth-order valence-corrected chi connectivity index (χ4v) is 7.53. The first-order chi connectivity index (χ1) is 20.5. The smallest absolute Gasteiger partial charge is 0.253 e. The van der Waals surface area contributed by atoms with Crippen molar-refractivity contribution in [3.63, 3.8) is 0 Å². The lowest BCUT2D eigenvalue weighted by Crippen LogP contribution is -2.43. The van der Waals surface area contributed by atoms with Gasteiger partial charge in [-0.15, -0.1) is 0 Å². The van der Waals surface area contributed by atoms with E-state index in [0.29, 0.717) is 36.0 Å². The first kappa shape index (κ1) is 28.7. The third-order valence-electron chi connectivity index (χ3n) is 9.32. The number of piperidine rings is 1. The van der Waals surface area contributed by atoms with Crippen LogP contribution in [0.3, 0.4) is 0 Å². The lowest BCUT2D eigenvalue weighted by molar-refractivity contribution is 0.0807. The van der Waals surface area contributed by atoms with Gasteiger partial charge in [-0.3, -0.25) is 14.5 Å². The molecule has 2 saturated heterocycles. The minimum Gasteiger partial charge on any atom is -0.348 e. The van der Waals surface area contributed by atoms with Gasteiger partial charge in [0.15, 0.2) is 5.78 Å². The van der Waals surface area contributed by atoms with Gasteiger partial charge in [0.25, 0.3) is 5.91 Å². The second kappa shape index (κ2) is 12.8. The number of amides is 1. The Balaban J connectivity index is 1.09. The van der Waals surface area contributed by atoms with Crippen LogP contribution in [0.1, 0.15) is 77.3 Å². The maximum absolute atomic E-state index is 13.3. The number of aromatic nitrogens is 1. The molecule has 1 N–H and O–H groups in total. The molecule has 42 heavy (non-hydrogen) atoms. The Labute approximate surface area is 253 Å². The van der Waals surface area contributed by atoms with Crippen LogP contribution in [0.5, 0.6) is 0 Å². The summed E-state index contributed by atoms with van der Waals surface area (Å²) in [7, 11) is 0. The number of benzene rings is 3. The summed E-state index contributed by atoms with van der Waals surface area (Å²) in [6.07, 6.45) is 9.29. The van der Waals surface area contributed by atoms with E-state index >= 15 is 0 Å². The molecule has 0 unspecified atom stereocenters. The SMILES string of the molecule is CCc1cccc2c(C(=O)NCc3ccccc3)cn(CCCN3[C@@H]4CC[C@H]3C[C@@H](CC(=O)c3cccc(Cl)c3)C4)c12. The zero-order chi connectivity index (χ0) is 29.1. The van der Waals surface area contributed by atoms with Crippen LogP contribution in [-0.2, 0) is 19.5 Å². The highest BCUT2D eigenvalue weighted by Gasteiger charge is 2.40. The molecular formula is C36H40ClN3O2. The summed E-state index contributed by atoms with van der Waals surface area (Å²) in [5, 5.41) is 4.78. The van der Waals surface area contributed by atoms with E-state index in [0.717, 1.165) is 60.8 Å². The molecule has 2 fully saturated rings. The number of para-hydroxylation sites is 1. The van der Waals surface area contributed by atoms with E-state index in [2.05, 4.69) is 46.1 Å². The Hall–Kier alpha value is -3.41. The van der Waals surface area contributed by atoms with E-state index in [1.54, 1.807) is 6.07 Å². The predicted octanol–water partition coefficient (Wildman–Crippen LogP) is 7.69. The molecule has 0 saturated carbocycles. The van der Waals surface area contributed by atoms with Crippen molar-refractivity contribution >= 4 is 34.2 Å². The standard InChI is InChI=1S/C36H40ClN3O2/c1-2-27-11-7-14-32-33(36(42)38-23-25-9-4-3-5-10-25)24-39(35(27)32)17-8-18-40-30-15-16-31(40)20-26(19-30)21-34(41)28-12-6-13-29(37)22-28/h3-7,9-14,22,24,26,30-31H,2,8,15-21,23H2,1H3,(H,38,42)/t26-,30+,31-. The molecule has 1 amide bonds. The normalized spacial score (nSPS) is 20.2. The van der Waals surface area contributed by atoms with Gasteiger partial charge in [0.05, 0.1) is 11.1 Å². The molecule has 3 atom stereocenters. The van der Waals surface area contributed by atoms with Crippen molar-refractivity contribution in [1.29, 1.82) is 0 Å². The van der Waals surface area contributed by atoms with E-state index in [1.165, 1.54) is 23.9 Å². The molecule has 2 aliphatic heterocycles. The highest BCUT2D eigenvalue weighted by atomic mass is 35.5. The van der Waals surface area contributed by atoms with E-state index in [-0.39, 0.29) is 11.7 Å². The average Bonchev–Trinajstić information content (AvgIpc) is 3.49. The number of ketones is 1. The highest BCUT2D eigenvalue weighted by Crippen LogP contribution is 2.40. The van der Waals surface area contributed by atoms with Crippen molar-refractivity contribution in [2.75, 3.05) is 6.54 Å². The van der Waals surface area contributed by atoms with E-state index in [9.17, 15) is 9.59 Å². The number of nitrogens with zero attached hydrogens (tertiary/aromatic N) is 2. The minimum absolute atomic E-state index is 0.0247. The number of hydrogen-bond donors (Lipinski definition) is 1. The second-order valence-electron chi connectivity index (χ2n) is 12.0. The number of hydrogen-bond acceptors (Lipinski definition) is 3. The van der Waals surface area contributed by atoms with Crippen molar-refractivity contribution < 1.29 is 9.59 Å². The summed E-state index contributed by atoms with van der Waals surface area (Å²) < 4.78 is 2.31. The van der Waals surface area contributed by atoms with Crippen LogP contribution in [0.2, 0.25) is 5.02 Å². The summed E-state index contributed by atoms with van der Waals surface area (Å²) in [5.74, 6) is 0.635. The maximum atomic E-state index is 13.3. The fourth-order valence-electron chi connectivity index (χ4n) is 7.34. The van der Waals surface area contributed by atoms with Gasteiger partial charge in [0.2, 0.25) is 0 Å². The van der Waals surface area contributed by atoms with Crippen molar-refractivity contribution in [3.8, 4) is 0 Å². The van der Waals surface area contributed by atoms with Crippen LogP contribution >= 0.6 is 11.6 Å². The number of carbonyl (C=O) groups excluding carboxylic acids is 2. The summed E-state index contributed by atoms with van der Waals surface area (Å²) >= 11 is 6.12. The molecule has 5 nitrogen and oxygen atoms in total. The van der Waals surface area contributed by atoms with Crippen LogP contribution < -0.4 is 5.32 Å². The summed E-state index contributed by atoms with van der Waals surface area (Å²) in [6.45, 7) is 4.63. The van der Waals surface area contributed by atoms with Gasteiger partial charge in [0.1, 0.15) is 0 Å². The Kier molecular flexibility index (Phi) is 8.78. The molecule has 0 aliphatic carbocycles. The molecule has 2 aliphatic rings. The number of carbonyl (C=O) groups is 2. The summed E-state index contributed by atoms with van der Waals surface area (Å²) in [6, 6.07) is 24.9. The molecule has 4 aromatic rings. The van der Waals surface area contributed by atoms with Gasteiger partial charge < -0.3 is 9.88 Å². The predicted molar refractivity (Wildman–Crippen MR) is 170 cm³/mol. The van der Waals surface area contributed by atoms with Gasteiger partial charge in [0, 0.05) is 60.3 Å². The van der Waals surface area contributed by atoms with Gasteiger partial charge >= 0.3 is 0 Å². The molecule has 0 spiro atoms. The summed E-state index contributed by atoms with van der Waals surface area (Å²) in [5.41, 5.74) is 5.04. The van der Waals surface area contributed by atoms with Crippen molar-refractivity contribution in [3.05, 3.63) is 106 Å². The maximum Gasteiger partial charge on any atom is 0.253 e. The van der Waals surface area contributed by atoms with E-state index in [4.69, 9.17) is 11.6 Å². The Bertz CT molecular complexity index is 1550. The minimum atomic E-state index is -0.0247. The molecule has 6 heteroatoms. The monoisotopic (exact) mass is 581 g/mol. The van der Waals surface area contributed by atoms with Crippen LogP contribution in [0.15, 0.2) is 79.0 Å². The number of nitrogens with one attached hydrogen (secondary N) is 1. The fraction of sp³-hybridized carbons (Fsp3) is 0.389. The topological polar surface area (TPSA) is 54.3 Å². The molecule has 6 rings (SSSR count). The third kappa shape index (κ3) is 6.18. The molecule has 2 bridgehead atoms. The Morgan fingerprint density at radius 1 is 0.929 bits per heavy atom. The van der Waals surface area contributed by atoms with Gasteiger partial charge in [-0.25, -0.2) is 0 Å². The first-order valence-corrected chi connectivity index (χ1v) is 15.8. The quantitative estimate of drug-likeness (QED) is 0.185. The molecule has 218 valence electrons. The van der Waals surface area contributed by atoms with E-state index < -0.39 is 0 Å². The zero-order valence-electron chi connectivity index (χ0n) is 24.4. The van der Waals surface area contributed by atoms with Crippen LogP contribution in [0.4, 0.5) is 0 Å². The van der Waals surface area contributed by atoms with Crippen LogP contribution in [0.25, 0.3) is 10.9 Å². The van der Waals surface area contributed by atoms with E-state index in [1.807, 2.05) is 48.5 Å². The third-order valence-corrected chi connectivity index (χ3v) is 9.56. The molecule has 0 radical (unpaired) electrons. The number of Topliss-reactive ketones (excluding diaryl/α,β-unsaturated/α-hetero) is 1. The number of aryl methyl sites for hydroxylation is 2. The lowest BCUT2D eigenvalue weighted by atomic mass is 9.85. The van der Waals surface area contributed by atoms with Crippen molar-refractivity contribution in [2.45, 2.75) is 77.0 Å². The number of halogens is 1. The van der Waals surface area contributed by atoms with Gasteiger partial charge in [-0.2, -0.15) is 0 Å². The van der Waals surface area contributed by atoms with Gasteiger partial charge in [-0.1, -0.05) is 79.2 Å². The Morgan fingerprint density at radius 3 is 2.43 bits per heavy atom. The van der Waals surface area contributed by atoms with Crippen LogP contribution in [0, 0.1) is 5.92 Å².